The Kier molecular flexibility index (Phi) is 21.6. The van der Waals surface area contributed by atoms with Crippen molar-refractivity contribution in [1.82, 2.24) is 53.0 Å². The summed E-state index contributed by atoms with van der Waals surface area (Å²) in [5.74, 6) is 2.63. The summed E-state index contributed by atoms with van der Waals surface area (Å²) in [7, 11) is 0. The molecule has 5 aromatic rings. The van der Waals surface area contributed by atoms with E-state index in [1.807, 2.05) is 53.7 Å². The van der Waals surface area contributed by atoms with Gasteiger partial charge in [0.05, 0.1) is 24.0 Å². The van der Waals surface area contributed by atoms with Crippen LogP contribution in [0.15, 0.2) is 45.9 Å². The number of carbonyl (C=O) groups excluding carboxylic acids is 1. The Labute approximate surface area is 360 Å². The van der Waals surface area contributed by atoms with Crippen LogP contribution in [0.4, 0.5) is 0 Å². The molecule has 3 N–H and O–H groups in total. The van der Waals surface area contributed by atoms with Crippen LogP contribution in [0.3, 0.4) is 0 Å². The molecule has 6 rings (SSSR count). The van der Waals surface area contributed by atoms with Crippen LogP contribution >= 0.6 is 23.5 Å². The van der Waals surface area contributed by atoms with Gasteiger partial charge in [-0.3, -0.25) is 23.1 Å². The molecule has 0 bridgehead atoms. The minimum atomic E-state index is -0.259. The molecule has 5 aromatic heterocycles. The minimum absolute atomic E-state index is 0.0000694. The van der Waals surface area contributed by atoms with Gasteiger partial charge < -0.3 is 9.05 Å². The fourth-order valence-corrected chi connectivity index (χ4v) is 5.63. The molecule has 0 aliphatic carbocycles. The predicted molar refractivity (Wildman–Crippen MR) is 234 cm³/mol. The average molecular weight is 878 g/mol. The van der Waals surface area contributed by atoms with Crippen molar-refractivity contribution in [2.45, 2.75) is 148 Å². The smallest absolute Gasteiger partial charge is 0.361 e. The lowest BCUT2D eigenvalue weighted by Gasteiger charge is -2.21. The van der Waals surface area contributed by atoms with E-state index in [0.29, 0.717) is 23.9 Å². The van der Waals surface area contributed by atoms with E-state index in [1.165, 1.54) is 9.69 Å². The Hall–Kier alpha value is -4.92. The first-order valence-corrected chi connectivity index (χ1v) is 21.2. The zero-order chi connectivity index (χ0) is 46.0. The third-order valence-corrected chi connectivity index (χ3v) is 8.34. The number of aryl methyl sites for hydroxylation is 2. The molecule has 0 aromatic carbocycles. The monoisotopic (exact) mass is 877 g/mol. The number of nitrogens with zero attached hydrogens (tertiary/aromatic N) is 10. The van der Waals surface area contributed by atoms with Crippen LogP contribution < -0.4 is 16.8 Å². The van der Waals surface area contributed by atoms with Gasteiger partial charge in [-0.1, -0.05) is 106 Å². The maximum Gasteiger partial charge on any atom is 0.361 e. The maximum absolute atomic E-state index is 11.0. The number of amides is 1. The van der Waals surface area contributed by atoms with E-state index in [1.54, 1.807) is 0 Å². The van der Waals surface area contributed by atoms with E-state index in [2.05, 4.69) is 130 Å². The number of rotatable bonds is 6. The number of hydrogen-bond acceptors (Lipinski definition) is 16. The quantitative estimate of drug-likeness (QED) is 0.147. The molecule has 21 heteroatoms. The lowest BCUT2D eigenvalue weighted by atomic mass is 9.91. The molecular formula is C39H67N13O6S2. The van der Waals surface area contributed by atoms with Crippen LogP contribution in [0.5, 0.6) is 0 Å². The topological polar surface area (TPSA) is 252 Å². The standard InChI is InChI=1S/C9H15NO.C7H13N3O.C7H12N2OS.C7H11NO.C5H8N2OS.C4H8N4O/c1-7-5-8(11-10-7)6-9(2,3)4;1-7(2,3)5-10-6(11)4-8-9-10;1-7(2,3)4-5-6(10)9-11-8-5;1-5(2)7-4-6(3)8-9-7;1-3(2)4-5(8)7-9-6-4;1-3(2)8-4(9)5-6-7-8/h5H,6H2,1-4H3;4-5H2,1-3H3;4H2,1-3H3,(H,9,10);4-5H,1-3H3;3H,1-2H3,(H,7,8);3H,1-2H3,(H,5,7,9). The van der Waals surface area contributed by atoms with Gasteiger partial charge in [-0.15, -0.1) is 0 Å². The molecule has 1 aliphatic heterocycles. The van der Waals surface area contributed by atoms with Crippen LogP contribution in [0.25, 0.3) is 0 Å². The second-order valence-electron chi connectivity index (χ2n) is 18.6. The first-order valence-electron chi connectivity index (χ1n) is 19.7. The average Bonchev–Trinajstić information content (AvgIpc) is 3.96. The Morgan fingerprint density at radius 1 is 0.733 bits per heavy atom. The van der Waals surface area contributed by atoms with Crippen LogP contribution in [0, 0.1) is 30.1 Å². The van der Waals surface area contributed by atoms with Gasteiger partial charge in [-0.05, 0) is 54.4 Å². The molecule has 6 heterocycles. The van der Waals surface area contributed by atoms with Gasteiger partial charge in [0, 0.05) is 60.3 Å². The molecule has 60 heavy (non-hydrogen) atoms. The highest BCUT2D eigenvalue weighted by atomic mass is 32.1. The lowest BCUT2D eigenvalue weighted by molar-refractivity contribution is -0.128. The summed E-state index contributed by atoms with van der Waals surface area (Å²) in [5.41, 5.74) is 3.39. The van der Waals surface area contributed by atoms with Crippen LogP contribution in [-0.2, 0) is 17.6 Å². The summed E-state index contributed by atoms with van der Waals surface area (Å²) >= 11 is 2.23. The summed E-state index contributed by atoms with van der Waals surface area (Å²) in [6.07, 6.45) is 1.69. The van der Waals surface area contributed by atoms with E-state index in [9.17, 15) is 19.2 Å². The van der Waals surface area contributed by atoms with Crippen LogP contribution in [0.2, 0.25) is 0 Å². The molecule has 1 amide bonds. The highest BCUT2D eigenvalue weighted by Crippen LogP contribution is 2.21. The lowest BCUT2D eigenvalue weighted by Crippen LogP contribution is -2.31. The Morgan fingerprint density at radius 3 is 1.60 bits per heavy atom. The van der Waals surface area contributed by atoms with E-state index in [-0.39, 0.29) is 57.5 Å². The van der Waals surface area contributed by atoms with Gasteiger partial charge >= 0.3 is 5.69 Å². The van der Waals surface area contributed by atoms with Crippen molar-refractivity contribution in [3.8, 4) is 0 Å². The fraction of sp³-hybridized carbons (Fsp3) is 0.692. The number of hydrogen-bond donors (Lipinski definition) is 3. The highest BCUT2D eigenvalue weighted by Gasteiger charge is 2.24. The molecule has 19 nitrogen and oxygen atoms in total. The number of carbonyl (C=O) groups is 1. The molecule has 1 aliphatic rings. The second kappa shape index (κ2) is 24.4. The molecule has 336 valence electrons. The van der Waals surface area contributed by atoms with E-state index >= 15 is 0 Å². The molecule has 0 fully saturated rings. The minimum Gasteiger partial charge on any atom is -0.361 e. The van der Waals surface area contributed by atoms with Crippen molar-refractivity contribution in [2.75, 3.05) is 13.1 Å². The zero-order valence-electron chi connectivity index (χ0n) is 38.5. The molecule has 0 saturated carbocycles. The fourth-order valence-electron chi connectivity index (χ4n) is 4.50. The summed E-state index contributed by atoms with van der Waals surface area (Å²) in [4.78, 5) is 43.4. The second-order valence-corrected chi connectivity index (χ2v) is 19.7. The first-order chi connectivity index (χ1) is 27.6. The van der Waals surface area contributed by atoms with Gasteiger partial charge in [-0.2, -0.15) is 18.5 Å². The Balaban J connectivity index is 0.000000361. The predicted octanol–water partition coefficient (Wildman–Crippen LogP) is 7.84. The maximum atomic E-state index is 11.0. The van der Waals surface area contributed by atoms with Crippen LogP contribution in [-0.4, -0.2) is 72.0 Å². The first kappa shape index (κ1) is 53.1. The van der Waals surface area contributed by atoms with Gasteiger partial charge in [-0.25, -0.2) is 14.9 Å². The largest absolute Gasteiger partial charge is 0.361 e. The van der Waals surface area contributed by atoms with Crippen molar-refractivity contribution in [3.05, 3.63) is 77.6 Å². The van der Waals surface area contributed by atoms with Crippen LogP contribution in [0.1, 0.15) is 156 Å². The van der Waals surface area contributed by atoms with Crippen molar-refractivity contribution >= 4 is 29.4 Å². The van der Waals surface area contributed by atoms with E-state index in [0.717, 1.165) is 59.2 Å². The van der Waals surface area contributed by atoms with Gasteiger partial charge in [0.2, 0.25) is 0 Å². The molecule has 0 saturated heterocycles. The Morgan fingerprint density at radius 2 is 1.30 bits per heavy atom. The molecule has 0 atom stereocenters. The molecule has 0 unspecified atom stereocenters. The SMILES string of the molecule is CC(C)(C)CN1N=NCC1=O.CC(C)(C)Cc1ns[nH]c1=O.CC(C)c1ns[nH]c1=O.CC(C)n1nn[nH]c1=O.Cc1cc(C(C)C)on1.Cc1cc(CC(C)(C)C)on1. The van der Waals surface area contributed by atoms with Crippen molar-refractivity contribution < 1.29 is 13.8 Å². The summed E-state index contributed by atoms with van der Waals surface area (Å²) < 4.78 is 24.3. The molecule has 0 spiro atoms. The Bertz CT molecular complexity index is 2110. The summed E-state index contributed by atoms with van der Waals surface area (Å²) in [6, 6.07) is 4.03. The van der Waals surface area contributed by atoms with Gasteiger partial charge in [0.25, 0.3) is 17.0 Å². The van der Waals surface area contributed by atoms with E-state index in [4.69, 9.17) is 9.05 Å². The van der Waals surface area contributed by atoms with Gasteiger partial charge in [0.1, 0.15) is 29.5 Å². The van der Waals surface area contributed by atoms with Gasteiger partial charge in [0.15, 0.2) is 0 Å². The number of aromatic nitrogens is 10. The summed E-state index contributed by atoms with van der Waals surface area (Å²) in [6.45, 7) is 35.5. The number of tetrazole rings is 1. The highest BCUT2D eigenvalue weighted by molar-refractivity contribution is 6.99. The number of aromatic amines is 3. The van der Waals surface area contributed by atoms with Crippen molar-refractivity contribution in [1.29, 1.82) is 0 Å². The van der Waals surface area contributed by atoms with Crippen molar-refractivity contribution in [3.63, 3.8) is 0 Å². The molecular weight excluding hydrogens is 811 g/mol. The number of H-pyrrole nitrogens is 3. The van der Waals surface area contributed by atoms with Crippen molar-refractivity contribution in [2.24, 2.45) is 26.6 Å². The zero-order valence-corrected chi connectivity index (χ0v) is 40.1. The van der Waals surface area contributed by atoms with E-state index < -0.39 is 0 Å². The normalized spacial score (nSPS) is 12.5. The number of nitrogens with one attached hydrogen (secondary N) is 3. The third kappa shape index (κ3) is 22.5. The summed E-state index contributed by atoms with van der Waals surface area (Å²) in [5, 5.41) is 25.4. The third-order valence-electron chi connectivity index (χ3n) is 7.19. The molecule has 0 radical (unpaired) electrons.